The summed E-state index contributed by atoms with van der Waals surface area (Å²) in [5, 5.41) is 21.9. The lowest BCUT2D eigenvalue weighted by molar-refractivity contribution is 0.0697. The second-order valence-electron chi connectivity index (χ2n) is 6.10. The lowest BCUT2D eigenvalue weighted by Crippen LogP contribution is -2.08. The molecule has 132 valence electrons. The fraction of sp³-hybridized carbons (Fsp3) is 0. The highest BCUT2D eigenvalue weighted by Crippen LogP contribution is 2.27. The van der Waals surface area contributed by atoms with Crippen LogP contribution in [0.25, 0.3) is 21.5 Å². The Morgan fingerprint density at radius 3 is 2.26 bits per heavy atom. The van der Waals surface area contributed by atoms with Gasteiger partial charge in [0.1, 0.15) is 11.5 Å². The Morgan fingerprint density at radius 1 is 0.778 bits per heavy atom. The lowest BCUT2D eigenvalue weighted by atomic mass is 10.0. The van der Waals surface area contributed by atoms with Crippen LogP contribution in [0.15, 0.2) is 72.8 Å². The molecule has 0 atom stereocenters. The molecule has 4 aromatic rings. The van der Waals surface area contributed by atoms with Gasteiger partial charge >= 0.3 is 11.9 Å². The summed E-state index contributed by atoms with van der Waals surface area (Å²) < 4.78 is 5.42. The normalized spacial score (nSPS) is 10.8. The lowest BCUT2D eigenvalue weighted by Gasteiger charge is -2.08. The van der Waals surface area contributed by atoms with Crippen LogP contribution in [-0.4, -0.2) is 22.2 Å². The van der Waals surface area contributed by atoms with Crippen molar-refractivity contribution in [2.45, 2.75) is 0 Å². The summed E-state index contributed by atoms with van der Waals surface area (Å²) in [6.07, 6.45) is 0. The minimum atomic E-state index is -1.05. The van der Waals surface area contributed by atoms with Gasteiger partial charge in [0.25, 0.3) is 0 Å². The fourth-order valence-electron chi connectivity index (χ4n) is 3.05. The fourth-order valence-corrected chi connectivity index (χ4v) is 3.05. The summed E-state index contributed by atoms with van der Waals surface area (Å²) in [6.45, 7) is 0. The Kier molecular flexibility index (Phi) is 3.97. The van der Waals surface area contributed by atoms with E-state index >= 15 is 0 Å². The average Bonchev–Trinajstić information content (AvgIpc) is 2.67. The first-order valence-electron chi connectivity index (χ1n) is 8.23. The number of carboxylic acids is 1. The van der Waals surface area contributed by atoms with Crippen molar-refractivity contribution in [3.05, 3.63) is 83.9 Å². The minimum Gasteiger partial charge on any atom is -0.507 e. The summed E-state index contributed by atoms with van der Waals surface area (Å²) in [7, 11) is 0. The predicted octanol–water partition coefficient (Wildman–Crippen LogP) is 4.62. The van der Waals surface area contributed by atoms with Crippen LogP contribution in [0.3, 0.4) is 0 Å². The van der Waals surface area contributed by atoms with Gasteiger partial charge in [0.15, 0.2) is 0 Å². The molecule has 0 saturated carbocycles. The molecule has 0 spiro atoms. The second kappa shape index (κ2) is 6.46. The van der Waals surface area contributed by atoms with E-state index in [4.69, 9.17) is 4.74 Å². The number of ether oxygens (including phenoxy) is 1. The predicted molar refractivity (Wildman–Crippen MR) is 101 cm³/mol. The number of aromatic hydroxyl groups is 1. The molecule has 4 aromatic carbocycles. The summed E-state index contributed by atoms with van der Waals surface area (Å²) >= 11 is 0. The Labute approximate surface area is 154 Å². The van der Waals surface area contributed by atoms with Crippen molar-refractivity contribution in [3.63, 3.8) is 0 Å². The number of carbonyl (C=O) groups is 2. The molecule has 27 heavy (non-hydrogen) atoms. The van der Waals surface area contributed by atoms with Gasteiger partial charge in [-0.3, -0.25) is 0 Å². The van der Waals surface area contributed by atoms with Crippen LogP contribution in [0.5, 0.6) is 11.5 Å². The van der Waals surface area contributed by atoms with Gasteiger partial charge in [0.05, 0.1) is 11.1 Å². The topological polar surface area (TPSA) is 83.8 Å². The van der Waals surface area contributed by atoms with E-state index < -0.39 is 11.9 Å². The summed E-state index contributed by atoms with van der Waals surface area (Å²) in [5.41, 5.74) is 0.427. The van der Waals surface area contributed by atoms with Crippen LogP contribution in [0.1, 0.15) is 20.7 Å². The van der Waals surface area contributed by atoms with E-state index in [1.807, 2.05) is 6.07 Å². The van der Waals surface area contributed by atoms with Crippen LogP contribution in [-0.2, 0) is 0 Å². The van der Waals surface area contributed by atoms with Crippen molar-refractivity contribution in [1.82, 2.24) is 0 Å². The van der Waals surface area contributed by atoms with Gasteiger partial charge in [-0.1, -0.05) is 36.4 Å². The number of phenols is 1. The van der Waals surface area contributed by atoms with E-state index in [9.17, 15) is 19.8 Å². The van der Waals surface area contributed by atoms with Gasteiger partial charge in [-0.2, -0.15) is 0 Å². The molecule has 0 saturated heterocycles. The highest BCUT2D eigenvalue weighted by Gasteiger charge is 2.13. The van der Waals surface area contributed by atoms with E-state index in [1.165, 1.54) is 12.1 Å². The SMILES string of the molecule is O=C(Oc1ccc2cccc(C(=O)O)c2c1)c1ccc2cccc(O)c2c1. The third-order valence-electron chi connectivity index (χ3n) is 4.39. The van der Waals surface area contributed by atoms with Gasteiger partial charge in [0.2, 0.25) is 0 Å². The maximum atomic E-state index is 12.5. The molecule has 0 amide bonds. The summed E-state index contributed by atoms with van der Waals surface area (Å²) in [5.74, 6) is -1.31. The quantitative estimate of drug-likeness (QED) is 0.412. The van der Waals surface area contributed by atoms with Crippen molar-refractivity contribution < 1.29 is 24.5 Å². The number of rotatable bonds is 3. The largest absolute Gasteiger partial charge is 0.507 e. The Bertz CT molecular complexity index is 1210. The maximum absolute atomic E-state index is 12.5. The third kappa shape index (κ3) is 3.06. The van der Waals surface area contributed by atoms with E-state index in [1.54, 1.807) is 54.6 Å². The monoisotopic (exact) mass is 358 g/mol. The average molecular weight is 358 g/mol. The van der Waals surface area contributed by atoms with Crippen molar-refractivity contribution in [2.24, 2.45) is 0 Å². The molecule has 0 aliphatic heterocycles. The van der Waals surface area contributed by atoms with Gasteiger partial charge in [-0.15, -0.1) is 0 Å². The number of hydrogen-bond donors (Lipinski definition) is 2. The molecule has 4 rings (SSSR count). The first-order chi connectivity index (χ1) is 13.0. The highest BCUT2D eigenvalue weighted by atomic mass is 16.5. The molecule has 0 aliphatic rings. The van der Waals surface area contributed by atoms with Gasteiger partial charge in [-0.25, -0.2) is 9.59 Å². The zero-order valence-corrected chi connectivity index (χ0v) is 14.0. The van der Waals surface area contributed by atoms with Crippen LogP contribution < -0.4 is 4.74 Å². The molecular weight excluding hydrogens is 344 g/mol. The van der Waals surface area contributed by atoms with Gasteiger partial charge in [-0.05, 0) is 52.6 Å². The zero-order chi connectivity index (χ0) is 19.0. The summed E-state index contributed by atoms with van der Waals surface area (Å²) in [6, 6.07) is 19.8. The standard InChI is InChI=1S/C22H14O5/c23-20-6-2-4-14-7-8-15(11-19(14)20)22(26)27-16-10-9-13-3-1-5-17(21(24)25)18(13)12-16/h1-12,23H,(H,24,25). The van der Waals surface area contributed by atoms with Crippen LogP contribution in [0.4, 0.5) is 0 Å². The zero-order valence-electron chi connectivity index (χ0n) is 14.0. The number of hydrogen-bond acceptors (Lipinski definition) is 4. The van der Waals surface area contributed by atoms with E-state index in [0.29, 0.717) is 10.8 Å². The maximum Gasteiger partial charge on any atom is 0.343 e. The summed E-state index contributed by atoms with van der Waals surface area (Å²) in [4.78, 5) is 23.9. The van der Waals surface area contributed by atoms with Crippen molar-refractivity contribution in [1.29, 1.82) is 0 Å². The minimum absolute atomic E-state index is 0.0824. The molecule has 0 bridgehead atoms. The molecule has 5 heteroatoms. The van der Waals surface area contributed by atoms with Crippen LogP contribution in [0.2, 0.25) is 0 Å². The van der Waals surface area contributed by atoms with E-state index in [0.717, 1.165) is 10.8 Å². The van der Waals surface area contributed by atoms with Crippen molar-refractivity contribution >= 4 is 33.5 Å². The number of fused-ring (bicyclic) bond motifs is 2. The van der Waals surface area contributed by atoms with Crippen LogP contribution >= 0.6 is 0 Å². The first-order valence-corrected chi connectivity index (χ1v) is 8.23. The van der Waals surface area contributed by atoms with E-state index in [2.05, 4.69) is 0 Å². The second-order valence-corrected chi connectivity index (χ2v) is 6.10. The first kappa shape index (κ1) is 16.6. The molecule has 0 fully saturated rings. The molecule has 0 aromatic heterocycles. The van der Waals surface area contributed by atoms with Crippen molar-refractivity contribution in [2.75, 3.05) is 0 Å². The molecule has 5 nitrogen and oxygen atoms in total. The van der Waals surface area contributed by atoms with Crippen LogP contribution in [0, 0.1) is 0 Å². The smallest absolute Gasteiger partial charge is 0.343 e. The number of phenolic OH excluding ortho intramolecular Hbond substituents is 1. The number of carboxylic acid groups (broad SMARTS) is 1. The van der Waals surface area contributed by atoms with Gasteiger partial charge < -0.3 is 14.9 Å². The molecule has 2 N–H and O–H groups in total. The molecule has 0 unspecified atom stereocenters. The molecule has 0 aliphatic carbocycles. The molecule has 0 radical (unpaired) electrons. The number of benzene rings is 4. The van der Waals surface area contributed by atoms with Crippen molar-refractivity contribution in [3.8, 4) is 11.5 Å². The Hall–Kier alpha value is -3.86. The Balaban J connectivity index is 1.69. The Morgan fingerprint density at radius 2 is 1.48 bits per heavy atom. The third-order valence-corrected chi connectivity index (χ3v) is 4.39. The number of carbonyl (C=O) groups excluding carboxylic acids is 1. The number of esters is 1. The number of aromatic carboxylic acids is 1. The highest BCUT2D eigenvalue weighted by molar-refractivity contribution is 6.04. The molecule has 0 heterocycles. The molecular formula is C22H14O5. The van der Waals surface area contributed by atoms with Gasteiger partial charge in [0, 0.05) is 5.39 Å². The van der Waals surface area contributed by atoms with E-state index in [-0.39, 0.29) is 22.6 Å².